The molecule has 3 nitrogen and oxygen atoms in total. The summed E-state index contributed by atoms with van der Waals surface area (Å²) in [4.78, 5) is 23.4. The van der Waals surface area contributed by atoms with Gasteiger partial charge in [-0.2, -0.15) is 0 Å². The number of nitrogens with one attached hydrogen (secondary N) is 1. The van der Waals surface area contributed by atoms with E-state index >= 15 is 0 Å². The molecule has 0 saturated heterocycles. The quantitative estimate of drug-likeness (QED) is 0.909. The van der Waals surface area contributed by atoms with E-state index in [-0.39, 0.29) is 11.9 Å². The molecule has 2 aromatic rings. The molecule has 0 bridgehead atoms. The summed E-state index contributed by atoms with van der Waals surface area (Å²) >= 11 is 0. The highest BCUT2D eigenvalue weighted by atomic mass is 16.1. The van der Waals surface area contributed by atoms with Gasteiger partial charge in [-0.25, -0.2) is 0 Å². The standard InChI is InChI=1S/C17H17NO2/c19-16-9-7-15(8-10-16)18-17(20)14-6-5-12-3-1-2-4-13(12)11-14/h1-6,11,15H,7-10H2,(H,18,20). The lowest BCUT2D eigenvalue weighted by molar-refractivity contribution is -0.120. The van der Waals surface area contributed by atoms with Gasteiger partial charge in [-0.1, -0.05) is 30.3 Å². The van der Waals surface area contributed by atoms with Gasteiger partial charge >= 0.3 is 0 Å². The number of rotatable bonds is 2. The Labute approximate surface area is 118 Å². The average Bonchev–Trinajstić information content (AvgIpc) is 2.49. The Morgan fingerprint density at radius 2 is 1.70 bits per heavy atom. The van der Waals surface area contributed by atoms with Gasteiger partial charge in [0.15, 0.2) is 0 Å². The van der Waals surface area contributed by atoms with Gasteiger partial charge in [0.1, 0.15) is 5.78 Å². The summed E-state index contributed by atoms with van der Waals surface area (Å²) < 4.78 is 0. The van der Waals surface area contributed by atoms with Crippen molar-refractivity contribution in [1.29, 1.82) is 0 Å². The molecule has 1 N–H and O–H groups in total. The third-order valence-electron chi connectivity index (χ3n) is 3.89. The van der Waals surface area contributed by atoms with Gasteiger partial charge < -0.3 is 5.32 Å². The minimum atomic E-state index is -0.0462. The maximum Gasteiger partial charge on any atom is 0.251 e. The van der Waals surface area contributed by atoms with E-state index in [4.69, 9.17) is 0 Å². The van der Waals surface area contributed by atoms with E-state index in [1.807, 2.05) is 42.5 Å². The number of carbonyl (C=O) groups is 2. The number of Topliss-reactive ketones (excluding diaryl/α,β-unsaturated/α-hetero) is 1. The Bertz CT molecular complexity index is 653. The SMILES string of the molecule is O=C1CCC(NC(=O)c2ccc3ccccc3c2)CC1. The van der Waals surface area contributed by atoms with Crippen molar-refractivity contribution in [1.82, 2.24) is 5.32 Å². The fourth-order valence-corrected chi connectivity index (χ4v) is 2.68. The molecule has 0 heterocycles. The highest BCUT2D eigenvalue weighted by Gasteiger charge is 2.20. The van der Waals surface area contributed by atoms with Crippen molar-refractivity contribution >= 4 is 22.5 Å². The summed E-state index contributed by atoms with van der Waals surface area (Å²) in [5.41, 5.74) is 0.681. The van der Waals surface area contributed by atoms with Crippen molar-refractivity contribution in [2.45, 2.75) is 31.7 Å². The van der Waals surface area contributed by atoms with Crippen molar-refractivity contribution in [3.05, 3.63) is 48.0 Å². The lowest BCUT2D eigenvalue weighted by Crippen LogP contribution is -2.37. The lowest BCUT2D eigenvalue weighted by atomic mass is 9.94. The van der Waals surface area contributed by atoms with E-state index in [1.165, 1.54) is 0 Å². The van der Waals surface area contributed by atoms with Crippen LogP contribution in [0.2, 0.25) is 0 Å². The molecule has 0 aliphatic heterocycles. The van der Waals surface area contributed by atoms with Gasteiger partial charge in [0.25, 0.3) is 5.91 Å². The summed E-state index contributed by atoms with van der Waals surface area (Å²) in [6.07, 6.45) is 2.70. The minimum Gasteiger partial charge on any atom is -0.349 e. The zero-order valence-corrected chi connectivity index (χ0v) is 11.3. The molecule has 0 radical (unpaired) electrons. The molecule has 1 fully saturated rings. The fourth-order valence-electron chi connectivity index (χ4n) is 2.68. The molecule has 0 spiro atoms. The fraction of sp³-hybridized carbons (Fsp3) is 0.294. The van der Waals surface area contributed by atoms with Crippen LogP contribution in [0.5, 0.6) is 0 Å². The Hall–Kier alpha value is -2.16. The zero-order valence-electron chi connectivity index (χ0n) is 11.3. The zero-order chi connectivity index (χ0) is 13.9. The highest BCUT2D eigenvalue weighted by molar-refractivity contribution is 5.98. The maximum atomic E-state index is 12.2. The molecule has 1 saturated carbocycles. The van der Waals surface area contributed by atoms with Crippen molar-refractivity contribution in [2.24, 2.45) is 0 Å². The van der Waals surface area contributed by atoms with Crippen LogP contribution in [0.1, 0.15) is 36.0 Å². The van der Waals surface area contributed by atoms with E-state index in [2.05, 4.69) is 5.32 Å². The second-order valence-corrected chi connectivity index (χ2v) is 5.35. The number of benzene rings is 2. The lowest BCUT2D eigenvalue weighted by Gasteiger charge is -2.22. The summed E-state index contributed by atoms with van der Waals surface area (Å²) in [5.74, 6) is 0.260. The topological polar surface area (TPSA) is 46.2 Å². The Balaban J connectivity index is 1.73. The molecule has 1 aliphatic carbocycles. The molecular weight excluding hydrogens is 250 g/mol. The largest absolute Gasteiger partial charge is 0.349 e. The second kappa shape index (κ2) is 5.45. The van der Waals surface area contributed by atoms with Gasteiger partial charge in [0.05, 0.1) is 0 Å². The first kappa shape index (κ1) is 12.9. The number of carbonyl (C=O) groups excluding carboxylic acids is 2. The summed E-state index contributed by atoms with van der Waals surface area (Å²) in [5, 5.41) is 5.23. The van der Waals surface area contributed by atoms with Crippen LogP contribution in [0.4, 0.5) is 0 Å². The van der Waals surface area contributed by atoms with Crippen LogP contribution in [0.15, 0.2) is 42.5 Å². The number of amides is 1. The first-order valence-electron chi connectivity index (χ1n) is 7.04. The van der Waals surface area contributed by atoms with Gasteiger partial charge in [0, 0.05) is 24.4 Å². The molecule has 2 aromatic carbocycles. The van der Waals surface area contributed by atoms with Gasteiger partial charge in [-0.15, -0.1) is 0 Å². The average molecular weight is 267 g/mol. The van der Waals surface area contributed by atoms with Crippen LogP contribution < -0.4 is 5.32 Å². The molecule has 20 heavy (non-hydrogen) atoms. The molecule has 1 amide bonds. The minimum absolute atomic E-state index is 0.0462. The van der Waals surface area contributed by atoms with Crippen molar-refractivity contribution in [3.63, 3.8) is 0 Å². The number of hydrogen-bond donors (Lipinski definition) is 1. The van der Waals surface area contributed by atoms with Crippen LogP contribution in [0, 0.1) is 0 Å². The number of hydrogen-bond acceptors (Lipinski definition) is 2. The third-order valence-corrected chi connectivity index (χ3v) is 3.89. The predicted octanol–water partition coefficient (Wildman–Crippen LogP) is 3.08. The van der Waals surface area contributed by atoms with Crippen molar-refractivity contribution in [3.8, 4) is 0 Å². The normalized spacial score (nSPS) is 16.3. The Kier molecular flexibility index (Phi) is 3.50. The summed E-state index contributed by atoms with van der Waals surface area (Å²) in [6, 6.07) is 13.9. The van der Waals surface area contributed by atoms with Gasteiger partial charge in [0.2, 0.25) is 0 Å². The molecule has 3 rings (SSSR count). The highest BCUT2D eigenvalue weighted by Crippen LogP contribution is 2.18. The Morgan fingerprint density at radius 3 is 2.45 bits per heavy atom. The molecule has 3 heteroatoms. The Morgan fingerprint density at radius 1 is 1.00 bits per heavy atom. The van der Waals surface area contributed by atoms with Crippen LogP contribution >= 0.6 is 0 Å². The number of fused-ring (bicyclic) bond motifs is 1. The van der Waals surface area contributed by atoms with Crippen LogP contribution in [-0.2, 0) is 4.79 Å². The second-order valence-electron chi connectivity index (χ2n) is 5.35. The van der Waals surface area contributed by atoms with E-state index in [0.717, 1.165) is 23.6 Å². The van der Waals surface area contributed by atoms with E-state index in [1.54, 1.807) is 0 Å². The molecule has 1 aliphatic rings. The van der Waals surface area contributed by atoms with Crippen molar-refractivity contribution in [2.75, 3.05) is 0 Å². The van der Waals surface area contributed by atoms with Crippen LogP contribution in [0.25, 0.3) is 10.8 Å². The van der Waals surface area contributed by atoms with Crippen LogP contribution in [0.3, 0.4) is 0 Å². The maximum absolute atomic E-state index is 12.2. The predicted molar refractivity (Wildman–Crippen MR) is 78.7 cm³/mol. The van der Waals surface area contributed by atoms with E-state index < -0.39 is 0 Å². The monoisotopic (exact) mass is 267 g/mol. The summed E-state index contributed by atoms with van der Waals surface area (Å²) in [6.45, 7) is 0. The van der Waals surface area contributed by atoms with Crippen LogP contribution in [-0.4, -0.2) is 17.7 Å². The molecule has 102 valence electrons. The third kappa shape index (κ3) is 2.72. The first-order valence-corrected chi connectivity index (χ1v) is 7.04. The van der Waals surface area contributed by atoms with E-state index in [0.29, 0.717) is 24.2 Å². The van der Waals surface area contributed by atoms with Crippen molar-refractivity contribution < 1.29 is 9.59 Å². The molecule has 0 aromatic heterocycles. The van der Waals surface area contributed by atoms with Gasteiger partial charge in [-0.3, -0.25) is 9.59 Å². The first-order chi connectivity index (χ1) is 9.72. The molecular formula is C17H17NO2. The molecule has 0 atom stereocenters. The molecule has 0 unspecified atom stereocenters. The summed E-state index contributed by atoms with van der Waals surface area (Å²) in [7, 11) is 0. The van der Waals surface area contributed by atoms with E-state index in [9.17, 15) is 9.59 Å². The number of ketones is 1. The smallest absolute Gasteiger partial charge is 0.251 e. The van der Waals surface area contributed by atoms with Gasteiger partial charge in [-0.05, 0) is 35.7 Å².